The van der Waals surface area contributed by atoms with E-state index in [2.05, 4.69) is 15.5 Å². The second-order valence-corrected chi connectivity index (χ2v) is 7.92. The van der Waals surface area contributed by atoms with Gasteiger partial charge in [-0.1, -0.05) is 48.2 Å². The fourth-order valence-corrected chi connectivity index (χ4v) is 3.93. The molecule has 1 N–H and O–H groups in total. The second kappa shape index (κ2) is 9.65. The van der Waals surface area contributed by atoms with Gasteiger partial charge in [-0.05, 0) is 48.9 Å². The summed E-state index contributed by atoms with van der Waals surface area (Å²) >= 11 is 1.25. The van der Waals surface area contributed by atoms with Crippen molar-refractivity contribution in [3.8, 4) is 22.8 Å². The number of thioether (sulfide) groups is 1. The summed E-state index contributed by atoms with van der Waals surface area (Å²) in [6.07, 6.45) is 0. The average molecular weight is 449 g/mol. The molecule has 0 radical (unpaired) electrons. The zero-order chi connectivity index (χ0) is 22.5. The minimum atomic E-state index is -0.360. The molecule has 1 aromatic heterocycles. The lowest BCUT2D eigenvalue weighted by Gasteiger charge is -2.12. The molecule has 4 rings (SSSR count). The quantitative estimate of drug-likeness (QED) is 0.398. The normalized spacial score (nSPS) is 10.7. The highest BCUT2D eigenvalue weighted by atomic mass is 32.2. The number of nitrogens with zero attached hydrogens (tertiary/aromatic N) is 3. The average Bonchev–Trinajstić information content (AvgIpc) is 3.24. The highest BCUT2D eigenvalue weighted by Crippen LogP contribution is 2.33. The number of aromatic nitrogens is 3. The number of methoxy groups -OCH3 is 1. The van der Waals surface area contributed by atoms with Gasteiger partial charge in [0, 0.05) is 11.4 Å². The lowest BCUT2D eigenvalue weighted by molar-refractivity contribution is -0.113. The highest BCUT2D eigenvalue weighted by Gasteiger charge is 2.19. The molecule has 0 aliphatic rings. The molecule has 0 atom stereocenters. The molecule has 1 amide bonds. The van der Waals surface area contributed by atoms with Crippen molar-refractivity contribution in [3.63, 3.8) is 0 Å². The van der Waals surface area contributed by atoms with Gasteiger partial charge in [-0.2, -0.15) is 0 Å². The van der Waals surface area contributed by atoms with Crippen molar-refractivity contribution in [1.82, 2.24) is 14.8 Å². The molecule has 1 heterocycles. The molecule has 3 aromatic carbocycles. The van der Waals surface area contributed by atoms with E-state index >= 15 is 0 Å². The lowest BCUT2D eigenvalue weighted by Crippen LogP contribution is -2.14. The third-order valence-electron chi connectivity index (χ3n) is 4.78. The number of hydrogen-bond acceptors (Lipinski definition) is 5. The molecule has 162 valence electrons. The number of benzene rings is 3. The van der Waals surface area contributed by atoms with Crippen LogP contribution in [0.3, 0.4) is 0 Å². The summed E-state index contributed by atoms with van der Waals surface area (Å²) in [6.45, 7) is 1.67. The number of anilines is 1. The molecular weight excluding hydrogens is 427 g/mol. The van der Waals surface area contributed by atoms with Crippen molar-refractivity contribution in [2.75, 3.05) is 18.2 Å². The second-order valence-electron chi connectivity index (χ2n) is 6.98. The van der Waals surface area contributed by atoms with Gasteiger partial charge in [0.1, 0.15) is 11.6 Å². The van der Waals surface area contributed by atoms with E-state index in [-0.39, 0.29) is 17.5 Å². The maximum absolute atomic E-state index is 13.8. The van der Waals surface area contributed by atoms with Gasteiger partial charge >= 0.3 is 0 Å². The van der Waals surface area contributed by atoms with Crippen LogP contribution in [0.25, 0.3) is 17.1 Å². The Morgan fingerprint density at radius 3 is 2.56 bits per heavy atom. The summed E-state index contributed by atoms with van der Waals surface area (Å²) < 4.78 is 21.1. The van der Waals surface area contributed by atoms with Crippen LogP contribution in [0, 0.1) is 12.7 Å². The summed E-state index contributed by atoms with van der Waals surface area (Å²) in [5.74, 6) is 0.747. The van der Waals surface area contributed by atoms with E-state index in [9.17, 15) is 9.18 Å². The number of carbonyl (C=O) groups is 1. The smallest absolute Gasteiger partial charge is 0.234 e. The Balaban J connectivity index is 1.61. The molecule has 0 fully saturated rings. The molecule has 6 nitrogen and oxygen atoms in total. The Hall–Kier alpha value is -3.65. The summed E-state index contributed by atoms with van der Waals surface area (Å²) in [4.78, 5) is 12.5. The highest BCUT2D eigenvalue weighted by molar-refractivity contribution is 7.99. The standard InChI is InChI=1S/C24H21FN4O2S/c1-16-12-13-17(14-20(16)25)26-22(30)15-32-24-28-27-23(19-10-6-7-11-21(19)31-2)29(24)18-8-4-3-5-9-18/h3-14H,15H2,1-2H3,(H,26,30). The van der Waals surface area contributed by atoms with Crippen molar-refractivity contribution >= 4 is 23.4 Å². The van der Waals surface area contributed by atoms with Crippen LogP contribution in [0.2, 0.25) is 0 Å². The Morgan fingerprint density at radius 2 is 1.81 bits per heavy atom. The maximum atomic E-state index is 13.8. The van der Waals surface area contributed by atoms with Crippen LogP contribution in [-0.2, 0) is 4.79 Å². The topological polar surface area (TPSA) is 69.0 Å². The molecule has 4 aromatic rings. The lowest BCUT2D eigenvalue weighted by atomic mass is 10.2. The van der Waals surface area contributed by atoms with Gasteiger partial charge in [-0.15, -0.1) is 10.2 Å². The van der Waals surface area contributed by atoms with Crippen LogP contribution in [0.5, 0.6) is 5.75 Å². The van der Waals surface area contributed by atoms with E-state index in [1.165, 1.54) is 17.8 Å². The van der Waals surface area contributed by atoms with Gasteiger partial charge in [0.2, 0.25) is 5.91 Å². The molecule has 0 saturated heterocycles. The molecule has 0 aliphatic carbocycles. The van der Waals surface area contributed by atoms with Crippen molar-refractivity contribution in [1.29, 1.82) is 0 Å². The first-order valence-electron chi connectivity index (χ1n) is 9.90. The number of carbonyl (C=O) groups excluding carboxylic acids is 1. The van der Waals surface area contributed by atoms with E-state index < -0.39 is 0 Å². The third kappa shape index (κ3) is 4.65. The van der Waals surface area contributed by atoms with Crippen LogP contribution in [-0.4, -0.2) is 33.5 Å². The minimum Gasteiger partial charge on any atom is -0.496 e. The van der Waals surface area contributed by atoms with Crippen molar-refractivity contribution < 1.29 is 13.9 Å². The first-order chi connectivity index (χ1) is 15.6. The van der Waals surface area contributed by atoms with Crippen molar-refractivity contribution in [2.45, 2.75) is 12.1 Å². The van der Waals surface area contributed by atoms with E-state index in [0.29, 0.717) is 28.0 Å². The van der Waals surface area contributed by atoms with E-state index in [1.807, 2.05) is 59.2 Å². The minimum absolute atomic E-state index is 0.0897. The summed E-state index contributed by atoms with van der Waals surface area (Å²) in [5, 5.41) is 12.0. The van der Waals surface area contributed by atoms with Gasteiger partial charge in [0.25, 0.3) is 0 Å². The van der Waals surface area contributed by atoms with Crippen LogP contribution in [0.4, 0.5) is 10.1 Å². The molecular formula is C24H21FN4O2S. The van der Waals surface area contributed by atoms with Crippen LogP contribution in [0.15, 0.2) is 78.0 Å². The number of ether oxygens (including phenoxy) is 1. The molecule has 32 heavy (non-hydrogen) atoms. The largest absolute Gasteiger partial charge is 0.496 e. The molecule has 0 bridgehead atoms. The molecule has 0 unspecified atom stereocenters. The van der Waals surface area contributed by atoms with E-state index in [0.717, 1.165) is 11.3 Å². The monoisotopic (exact) mass is 448 g/mol. The van der Waals surface area contributed by atoms with Gasteiger partial charge in [-0.25, -0.2) is 4.39 Å². The van der Waals surface area contributed by atoms with Crippen LogP contribution < -0.4 is 10.1 Å². The Kier molecular flexibility index (Phi) is 6.51. The zero-order valence-corrected chi connectivity index (χ0v) is 18.4. The molecule has 0 spiro atoms. The predicted molar refractivity (Wildman–Crippen MR) is 124 cm³/mol. The molecule has 0 saturated carbocycles. The fraction of sp³-hybridized carbons (Fsp3) is 0.125. The summed E-state index contributed by atoms with van der Waals surface area (Å²) in [7, 11) is 1.61. The Labute approximate surface area is 189 Å². The number of nitrogens with one attached hydrogen (secondary N) is 1. The number of halogens is 1. The summed E-state index contributed by atoms with van der Waals surface area (Å²) in [6, 6.07) is 21.8. The van der Waals surface area contributed by atoms with Gasteiger partial charge in [-0.3, -0.25) is 9.36 Å². The number of amides is 1. The molecule has 0 aliphatic heterocycles. The number of rotatable bonds is 7. The van der Waals surface area contributed by atoms with Crippen molar-refractivity contribution in [3.05, 3.63) is 84.2 Å². The maximum Gasteiger partial charge on any atom is 0.234 e. The number of hydrogen-bond donors (Lipinski definition) is 1. The van der Waals surface area contributed by atoms with Gasteiger partial charge < -0.3 is 10.1 Å². The summed E-state index contributed by atoms with van der Waals surface area (Å²) in [5.41, 5.74) is 2.59. The Morgan fingerprint density at radius 1 is 1.06 bits per heavy atom. The number of para-hydroxylation sites is 2. The predicted octanol–water partition coefficient (Wildman–Crippen LogP) is 5.12. The fourth-order valence-electron chi connectivity index (χ4n) is 3.17. The third-order valence-corrected chi connectivity index (χ3v) is 5.71. The van der Waals surface area contributed by atoms with Crippen LogP contribution >= 0.6 is 11.8 Å². The SMILES string of the molecule is COc1ccccc1-c1nnc(SCC(=O)Nc2ccc(C)c(F)c2)n1-c1ccccc1. The van der Waals surface area contributed by atoms with E-state index in [4.69, 9.17) is 4.74 Å². The Bertz CT molecular complexity index is 1240. The van der Waals surface area contributed by atoms with Gasteiger partial charge in [0.15, 0.2) is 11.0 Å². The first-order valence-corrected chi connectivity index (χ1v) is 10.9. The van der Waals surface area contributed by atoms with Gasteiger partial charge in [0.05, 0.1) is 18.4 Å². The first kappa shape index (κ1) is 21.6. The molecule has 8 heteroatoms. The van der Waals surface area contributed by atoms with Crippen LogP contribution in [0.1, 0.15) is 5.56 Å². The van der Waals surface area contributed by atoms with E-state index in [1.54, 1.807) is 26.2 Å². The zero-order valence-electron chi connectivity index (χ0n) is 17.6. The van der Waals surface area contributed by atoms with Crippen molar-refractivity contribution in [2.24, 2.45) is 0 Å². The number of aryl methyl sites for hydroxylation is 1.